The molecule has 0 N–H and O–H groups in total. The first-order chi connectivity index (χ1) is 41.0. The van der Waals surface area contributed by atoms with E-state index in [1.54, 1.807) is 0 Å². The summed E-state index contributed by atoms with van der Waals surface area (Å²) >= 11 is 0. The van der Waals surface area contributed by atoms with E-state index in [1.807, 2.05) is 0 Å². The van der Waals surface area contributed by atoms with Crippen LogP contribution < -0.4 is 0 Å². The van der Waals surface area contributed by atoms with Crippen LogP contribution in [0.15, 0.2) is 109 Å². The van der Waals surface area contributed by atoms with Crippen LogP contribution in [0, 0.1) is 0 Å². The van der Waals surface area contributed by atoms with E-state index in [1.165, 1.54) is 167 Å². The Hall–Kier alpha value is -3.93. The zero-order valence-corrected chi connectivity index (χ0v) is 54.7. The van der Waals surface area contributed by atoms with Crippen molar-refractivity contribution in [3.63, 3.8) is 0 Å². The van der Waals surface area contributed by atoms with Gasteiger partial charge in [-0.1, -0.05) is 304 Å². The Morgan fingerprint density at radius 3 is 0.735 bits per heavy atom. The molecule has 1 unspecified atom stereocenters. The SMILES string of the molecule is CC/C=C\C/C=C\C/C=C\C/C=C\C/C=C\CCCCCCCCCCCCCCCCCCCCCC(=O)OCC(COC(=O)CCCCCCC/C=C\C/C=C\CCCCC)OC(=O)CCCCCCC/C=C\C/C=C\CCCCC. The van der Waals surface area contributed by atoms with E-state index < -0.39 is 6.10 Å². The lowest BCUT2D eigenvalue weighted by atomic mass is 10.0. The Morgan fingerprint density at radius 1 is 0.253 bits per heavy atom. The van der Waals surface area contributed by atoms with Crippen molar-refractivity contribution in [3.05, 3.63) is 109 Å². The van der Waals surface area contributed by atoms with Gasteiger partial charge in [-0.2, -0.15) is 0 Å². The third kappa shape index (κ3) is 68.7. The van der Waals surface area contributed by atoms with Gasteiger partial charge in [0.05, 0.1) is 0 Å². The normalized spacial score (nSPS) is 12.8. The molecule has 0 heterocycles. The topological polar surface area (TPSA) is 78.9 Å². The molecule has 1 atom stereocenters. The number of carbonyl (C=O) groups excluding carboxylic acids is 3. The van der Waals surface area contributed by atoms with Gasteiger partial charge >= 0.3 is 17.9 Å². The lowest BCUT2D eigenvalue weighted by Crippen LogP contribution is -2.30. The van der Waals surface area contributed by atoms with Crippen LogP contribution >= 0.6 is 0 Å². The second kappa shape index (κ2) is 70.6. The van der Waals surface area contributed by atoms with Gasteiger partial charge in [0.2, 0.25) is 0 Å². The first kappa shape index (κ1) is 79.1. The molecule has 0 aliphatic carbocycles. The average Bonchev–Trinajstić information content (AvgIpc) is 3.49. The summed E-state index contributed by atoms with van der Waals surface area (Å²) in [5, 5.41) is 0. The zero-order valence-electron chi connectivity index (χ0n) is 54.7. The maximum Gasteiger partial charge on any atom is 0.306 e. The van der Waals surface area contributed by atoms with Crippen LogP contribution in [-0.2, 0) is 28.6 Å². The molecule has 0 amide bonds. The summed E-state index contributed by atoms with van der Waals surface area (Å²) in [5.41, 5.74) is 0. The molecule has 0 bridgehead atoms. The van der Waals surface area contributed by atoms with Crippen molar-refractivity contribution in [1.82, 2.24) is 0 Å². The van der Waals surface area contributed by atoms with Gasteiger partial charge in [-0.05, 0) is 128 Å². The smallest absolute Gasteiger partial charge is 0.306 e. The first-order valence-electron chi connectivity index (χ1n) is 35.4. The third-order valence-electron chi connectivity index (χ3n) is 15.2. The molecular weight excluding hydrogens is 1020 g/mol. The summed E-state index contributed by atoms with van der Waals surface area (Å²) in [5.74, 6) is -0.900. The van der Waals surface area contributed by atoms with Gasteiger partial charge in [0, 0.05) is 19.3 Å². The second-order valence-electron chi connectivity index (χ2n) is 23.4. The van der Waals surface area contributed by atoms with E-state index in [0.29, 0.717) is 19.3 Å². The van der Waals surface area contributed by atoms with Crippen molar-refractivity contribution in [1.29, 1.82) is 0 Å². The number of ether oxygens (including phenoxy) is 3. The van der Waals surface area contributed by atoms with Crippen LogP contribution in [-0.4, -0.2) is 37.2 Å². The summed E-state index contributed by atoms with van der Waals surface area (Å²) in [4.78, 5) is 38.4. The molecule has 0 saturated carbocycles. The number of hydrogen-bond donors (Lipinski definition) is 0. The molecule has 6 nitrogen and oxygen atoms in total. The van der Waals surface area contributed by atoms with E-state index in [9.17, 15) is 14.4 Å². The summed E-state index contributed by atoms with van der Waals surface area (Å²) in [7, 11) is 0. The summed E-state index contributed by atoms with van der Waals surface area (Å²) < 4.78 is 16.9. The minimum Gasteiger partial charge on any atom is -0.462 e. The van der Waals surface area contributed by atoms with Crippen molar-refractivity contribution in [3.8, 4) is 0 Å². The largest absolute Gasteiger partial charge is 0.462 e. The fraction of sp³-hybridized carbons (Fsp3) is 0.727. The first-order valence-corrected chi connectivity index (χ1v) is 35.4. The number of allylic oxidation sites excluding steroid dienone is 18. The molecule has 476 valence electrons. The van der Waals surface area contributed by atoms with Gasteiger partial charge in [0.1, 0.15) is 13.2 Å². The van der Waals surface area contributed by atoms with Crippen LogP contribution in [0.2, 0.25) is 0 Å². The highest BCUT2D eigenvalue weighted by molar-refractivity contribution is 5.71. The standard InChI is InChI=1S/C77H132O6/c1-4-7-10-13-16-19-22-25-28-29-30-31-32-33-34-35-36-37-38-39-40-41-42-43-44-45-46-47-50-52-55-58-61-64-67-70-76(79)82-73-74(83-77(80)71-68-65-62-59-56-53-49-27-24-21-18-15-12-9-6-3)72-81-75(78)69-66-63-60-57-54-51-48-26-23-20-17-14-11-8-5-2/h7,10,16-21,25-28,30-31,33-34,48-49,74H,4-6,8-9,11-15,22-24,29,32,35-47,50-73H2,1-3H3/b10-7-,19-16-,20-17-,21-18-,28-25-,31-30-,34-33-,48-26-,49-27-. The molecule has 0 aliphatic rings. The van der Waals surface area contributed by atoms with Gasteiger partial charge in [-0.15, -0.1) is 0 Å². The minimum absolute atomic E-state index is 0.0853. The lowest BCUT2D eigenvalue weighted by molar-refractivity contribution is -0.167. The molecule has 0 rings (SSSR count). The molecule has 0 radical (unpaired) electrons. The molecule has 0 aliphatic heterocycles. The number of rotatable bonds is 64. The molecular formula is C77H132O6. The van der Waals surface area contributed by atoms with Crippen molar-refractivity contribution in [2.75, 3.05) is 13.2 Å². The van der Waals surface area contributed by atoms with E-state index >= 15 is 0 Å². The van der Waals surface area contributed by atoms with Crippen LogP contribution in [0.5, 0.6) is 0 Å². The van der Waals surface area contributed by atoms with Crippen molar-refractivity contribution >= 4 is 17.9 Å². The fourth-order valence-electron chi connectivity index (χ4n) is 9.94. The highest BCUT2D eigenvalue weighted by Crippen LogP contribution is 2.17. The van der Waals surface area contributed by atoms with Crippen molar-refractivity contribution in [2.24, 2.45) is 0 Å². The molecule has 0 aromatic carbocycles. The Bertz CT molecular complexity index is 1660. The number of unbranched alkanes of at least 4 members (excludes halogenated alkanes) is 35. The fourth-order valence-corrected chi connectivity index (χ4v) is 9.94. The lowest BCUT2D eigenvalue weighted by Gasteiger charge is -2.18. The number of hydrogen-bond acceptors (Lipinski definition) is 6. The molecule has 0 aromatic heterocycles. The van der Waals surface area contributed by atoms with E-state index in [-0.39, 0.29) is 31.1 Å². The molecule has 0 saturated heterocycles. The third-order valence-corrected chi connectivity index (χ3v) is 15.2. The van der Waals surface area contributed by atoms with E-state index in [2.05, 4.69) is 130 Å². The molecule has 0 aromatic rings. The van der Waals surface area contributed by atoms with Gasteiger partial charge in [0.25, 0.3) is 0 Å². The Labute approximate surface area is 514 Å². The molecule has 0 spiro atoms. The number of esters is 3. The minimum atomic E-state index is -0.791. The molecule has 0 fully saturated rings. The Balaban J connectivity index is 4.16. The summed E-state index contributed by atoms with van der Waals surface area (Å²) in [6, 6.07) is 0. The van der Waals surface area contributed by atoms with Gasteiger partial charge in [-0.25, -0.2) is 0 Å². The molecule has 83 heavy (non-hydrogen) atoms. The average molecular weight is 1150 g/mol. The zero-order chi connectivity index (χ0) is 59.9. The van der Waals surface area contributed by atoms with Crippen LogP contribution in [0.1, 0.15) is 342 Å². The predicted molar refractivity (Wildman–Crippen MR) is 362 cm³/mol. The Morgan fingerprint density at radius 2 is 0.470 bits per heavy atom. The summed E-state index contributed by atoms with van der Waals surface area (Å²) in [6.45, 7) is 6.48. The van der Waals surface area contributed by atoms with Crippen LogP contribution in [0.4, 0.5) is 0 Å². The Kier molecular flexibility index (Phi) is 67.2. The van der Waals surface area contributed by atoms with Crippen molar-refractivity contribution in [2.45, 2.75) is 348 Å². The predicted octanol–water partition coefficient (Wildman–Crippen LogP) is 24.6. The van der Waals surface area contributed by atoms with Crippen LogP contribution in [0.25, 0.3) is 0 Å². The monoisotopic (exact) mass is 1150 g/mol. The van der Waals surface area contributed by atoms with Crippen LogP contribution in [0.3, 0.4) is 0 Å². The summed E-state index contributed by atoms with van der Waals surface area (Å²) in [6.07, 6.45) is 97.0. The highest BCUT2D eigenvalue weighted by Gasteiger charge is 2.19. The van der Waals surface area contributed by atoms with E-state index in [0.717, 1.165) is 135 Å². The maximum atomic E-state index is 12.9. The van der Waals surface area contributed by atoms with Gasteiger partial charge < -0.3 is 14.2 Å². The number of carbonyl (C=O) groups is 3. The molecule has 6 heteroatoms. The van der Waals surface area contributed by atoms with Gasteiger partial charge in [0.15, 0.2) is 6.10 Å². The van der Waals surface area contributed by atoms with Crippen molar-refractivity contribution < 1.29 is 28.6 Å². The second-order valence-corrected chi connectivity index (χ2v) is 23.4. The maximum absolute atomic E-state index is 12.9. The highest BCUT2D eigenvalue weighted by atomic mass is 16.6. The van der Waals surface area contributed by atoms with E-state index in [4.69, 9.17) is 14.2 Å². The quantitative estimate of drug-likeness (QED) is 0.0261. The van der Waals surface area contributed by atoms with Gasteiger partial charge in [-0.3, -0.25) is 14.4 Å².